The molecule has 0 aliphatic carbocycles. The smallest absolute Gasteiger partial charge is 0.144 e. The van der Waals surface area contributed by atoms with Crippen molar-refractivity contribution in [2.24, 2.45) is 16.3 Å². The predicted octanol–water partition coefficient (Wildman–Crippen LogP) is 1.54. The van der Waals surface area contributed by atoms with Gasteiger partial charge in [-0.25, -0.2) is 0 Å². The number of amidine groups is 1. The highest BCUT2D eigenvalue weighted by Gasteiger charge is 2.22. The Hall–Kier alpha value is -0.770. The van der Waals surface area contributed by atoms with E-state index in [9.17, 15) is 0 Å². The summed E-state index contributed by atoms with van der Waals surface area (Å²) in [5.41, 5.74) is 5.34. The molecular formula is C10H23N3O. The average Bonchev–Trinajstić information content (AvgIpc) is 2.16. The Morgan fingerprint density at radius 1 is 1.43 bits per heavy atom. The Balaban J connectivity index is 3.66. The molecule has 0 aliphatic rings. The lowest BCUT2D eigenvalue weighted by Gasteiger charge is -2.22. The van der Waals surface area contributed by atoms with Crippen molar-refractivity contribution in [2.75, 3.05) is 13.1 Å². The molecule has 0 atom stereocenters. The van der Waals surface area contributed by atoms with Gasteiger partial charge in [0.15, 0.2) is 0 Å². The van der Waals surface area contributed by atoms with Gasteiger partial charge in [-0.3, -0.25) is 0 Å². The lowest BCUT2D eigenvalue weighted by Crippen LogP contribution is -2.35. The first-order valence-corrected chi connectivity index (χ1v) is 5.23. The molecule has 0 aromatic heterocycles. The molecule has 0 heterocycles. The van der Waals surface area contributed by atoms with E-state index in [1.54, 1.807) is 0 Å². The molecule has 0 unspecified atom stereocenters. The number of hydrogen-bond donors (Lipinski definition) is 3. The van der Waals surface area contributed by atoms with Crippen LogP contribution in [0.1, 0.15) is 40.0 Å². The molecule has 0 rings (SSSR count). The van der Waals surface area contributed by atoms with Crippen LogP contribution < -0.4 is 11.1 Å². The largest absolute Gasteiger partial charge is 0.409 e. The molecular weight excluding hydrogens is 178 g/mol. The molecule has 4 nitrogen and oxygen atoms in total. The third-order valence-electron chi connectivity index (χ3n) is 2.44. The number of unbranched alkanes of at least 4 members (excludes halogenated alkanes) is 1. The minimum absolute atomic E-state index is 0.228. The minimum Gasteiger partial charge on any atom is -0.409 e. The van der Waals surface area contributed by atoms with Crippen molar-refractivity contribution in [3.8, 4) is 0 Å². The number of rotatable bonds is 7. The number of hydrogen-bond acceptors (Lipinski definition) is 3. The third kappa shape index (κ3) is 5.07. The van der Waals surface area contributed by atoms with E-state index >= 15 is 0 Å². The Morgan fingerprint density at radius 2 is 2.07 bits per heavy atom. The summed E-state index contributed by atoms with van der Waals surface area (Å²) in [5.74, 6) is 0.301. The van der Waals surface area contributed by atoms with Gasteiger partial charge >= 0.3 is 0 Å². The van der Waals surface area contributed by atoms with Crippen molar-refractivity contribution in [3.63, 3.8) is 0 Å². The van der Waals surface area contributed by atoms with Crippen molar-refractivity contribution in [3.05, 3.63) is 0 Å². The minimum atomic E-state index is -0.228. The van der Waals surface area contributed by atoms with Crippen molar-refractivity contribution in [2.45, 2.75) is 40.0 Å². The standard InChI is InChI=1S/C10H23N3O/c1-4-5-7-12-8-6-10(2,3)9(11)13-14/h12,14H,4-8H2,1-3H3,(H2,11,13). The molecule has 4 N–H and O–H groups in total. The van der Waals surface area contributed by atoms with Crippen LogP contribution in [0, 0.1) is 5.41 Å². The predicted molar refractivity (Wildman–Crippen MR) is 59.6 cm³/mol. The Kier molecular flexibility index (Phi) is 6.28. The van der Waals surface area contributed by atoms with Gasteiger partial charge in [0.2, 0.25) is 0 Å². The maximum absolute atomic E-state index is 8.55. The van der Waals surface area contributed by atoms with E-state index in [-0.39, 0.29) is 5.41 Å². The van der Waals surface area contributed by atoms with Crippen LogP contribution in [0.3, 0.4) is 0 Å². The summed E-state index contributed by atoms with van der Waals surface area (Å²) < 4.78 is 0. The van der Waals surface area contributed by atoms with Crippen LogP contribution in [0.2, 0.25) is 0 Å². The van der Waals surface area contributed by atoms with Crippen molar-refractivity contribution >= 4 is 5.84 Å². The molecule has 0 saturated carbocycles. The molecule has 0 amide bonds. The fourth-order valence-electron chi connectivity index (χ4n) is 1.09. The second kappa shape index (κ2) is 6.65. The highest BCUT2D eigenvalue weighted by molar-refractivity contribution is 5.85. The summed E-state index contributed by atoms with van der Waals surface area (Å²) in [6.45, 7) is 8.07. The van der Waals surface area contributed by atoms with E-state index in [4.69, 9.17) is 10.9 Å². The van der Waals surface area contributed by atoms with Crippen molar-refractivity contribution in [1.29, 1.82) is 0 Å². The van der Waals surface area contributed by atoms with E-state index in [2.05, 4.69) is 17.4 Å². The lowest BCUT2D eigenvalue weighted by molar-refractivity contribution is 0.305. The van der Waals surface area contributed by atoms with Gasteiger partial charge in [0.1, 0.15) is 5.84 Å². The monoisotopic (exact) mass is 201 g/mol. The second-order valence-corrected chi connectivity index (χ2v) is 4.22. The number of nitrogens with zero attached hydrogens (tertiary/aromatic N) is 1. The molecule has 0 saturated heterocycles. The number of oxime groups is 1. The van der Waals surface area contributed by atoms with E-state index in [1.165, 1.54) is 12.8 Å². The second-order valence-electron chi connectivity index (χ2n) is 4.22. The van der Waals surface area contributed by atoms with Crippen molar-refractivity contribution in [1.82, 2.24) is 5.32 Å². The van der Waals surface area contributed by atoms with Gasteiger partial charge in [-0.15, -0.1) is 0 Å². The van der Waals surface area contributed by atoms with Crippen LogP contribution in [0.25, 0.3) is 0 Å². The van der Waals surface area contributed by atoms with Crippen LogP contribution in [0.15, 0.2) is 5.16 Å². The zero-order valence-electron chi connectivity index (χ0n) is 9.51. The van der Waals surface area contributed by atoms with Crippen LogP contribution in [-0.2, 0) is 0 Å². The van der Waals surface area contributed by atoms with E-state index in [1.807, 2.05) is 13.8 Å². The van der Waals surface area contributed by atoms with E-state index in [0.29, 0.717) is 5.84 Å². The third-order valence-corrected chi connectivity index (χ3v) is 2.44. The fourth-order valence-corrected chi connectivity index (χ4v) is 1.09. The normalized spacial score (nSPS) is 13.2. The van der Waals surface area contributed by atoms with Gasteiger partial charge in [0, 0.05) is 5.41 Å². The zero-order chi connectivity index (χ0) is 11.0. The summed E-state index contributed by atoms with van der Waals surface area (Å²) in [6.07, 6.45) is 3.28. The van der Waals surface area contributed by atoms with E-state index in [0.717, 1.165) is 19.5 Å². The first-order valence-electron chi connectivity index (χ1n) is 5.23. The molecule has 0 radical (unpaired) electrons. The van der Waals surface area contributed by atoms with Gasteiger partial charge in [-0.2, -0.15) is 0 Å². The molecule has 14 heavy (non-hydrogen) atoms. The first-order chi connectivity index (χ1) is 6.54. The first kappa shape index (κ1) is 13.2. The summed E-state index contributed by atoms with van der Waals surface area (Å²) in [4.78, 5) is 0. The Bertz CT molecular complexity index is 178. The molecule has 4 heteroatoms. The lowest BCUT2D eigenvalue weighted by atomic mass is 9.88. The van der Waals surface area contributed by atoms with Gasteiger partial charge < -0.3 is 16.3 Å². The van der Waals surface area contributed by atoms with Crippen LogP contribution in [-0.4, -0.2) is 24.1 Å². The molecule has 0 bridgehead atoms. The van der Waals surface area contributed by atoms with Gasteiger partial charge in [-0.05, 0) is 25.9 Å². The Morgan fingerprint density at radius 3 is 2.57 bits per heavy atom. The van der Waals surface area contributed by atoms with Crippen LogP contribution in [0.5, 0.6) is 0 Å². The maximum Gasteiger partial charge on any atom is 0.144 e. The molecule has 0 fully saturated rings. The topological polar surface area (TPSA) is 70.6 Å². The highest BCUT2D eigenvalue weighted by Crippen LogP contribution is 2.19. The molecule has 84 valence electrons. The van der Waals surface area contributed by atoms with Crippen LogP contribution in [0.4, 0.5) is 0 Å². The highest BCUT2D eigenvalue weighted by atomic mass is 16.4. The van der Waals surface area contributed by atoms with Crippen molar-refractivity contribution < 1.29 is 5.21 Å². The number of nitrogens with one attached hydrogen (secondary N) is 1. The quantitative estimate of drug-likeness (QED) is 0.192. The van der Waals surface area contributed by atoms with E-state index < -0.39 is 0 Å². The van der Waals surface area contributed by atoms with Crippen LogP contribution >= 0.6 is 0 Å². The Labute approximate surface area is 86.6 Å². The summed E-state index contributed by atoms with van der Waals surface area (Å²) in [7, 11) is 0. The zero-order valence-corrected chi connectivity index (χ0v) is 9.51. The SMILES string of the molecule is CCCCNCCC(C)(C)C(N)=NO. The molecule has 0 aliphatic heterocycles. The molecule has 0 aromatic carbocycles. The molecule has 0 aromatic rings. The van der Waals surface area contributed by atoms with Gasteiger partial charge in [0.05, 0.1) is 0 Å². The number of nitrogens with two attached hydrogens (primary N) is 1. The average molecular weight is 201 g/mol. The summed E-state index contributed by atoms with van der Waals surface area (Å²) >= 11 is 0. The molecule has 0 spiro atoms. The maximum atomic E-state index is 8.55. The summed E-state index contributed by atoms with van der Waals surface area (Å²) in [6, 6.07) is 0. The van der Waals surface area contributed by atoms with Gasteiger partial charge in [0.25, 0.3) is 0 Å². The van der Waals surface area contributed by atoms with Gasteiger partial charge in [-0.1, -0.05) is 32.3 Å². The summed E-state index contributed by atoms with van der Waals surface area (Å²) in [5, 5.41) is 14.9. The fraction of sp³-hybridized carbons (Fsp3) is 0.900.